The summed E-state index contributed by atoms with van der Waals surface area (Å²) in [5, 5.41) is 8.11. The van der Waals surface area contributed by atoms with Crippen LogP contribution in [0.2, 0.25) is 0 Å². The third-order valence-corrected chi connectivity index (χ3v) is 10.1. The number of hydrogen-bond donors (Lipinski definition) is 4. The Hall–Kier alpha value is -7.75. The summed E-state index contributed by atoms with van der Waals surface area (Å²) in [6.07, 6.45) is 3.11. The van der Waals surface area contributed by atoms with Gasteiger partial charge in [0.25, 0.3) is 0 Å². The van der Waals surface area contributed by atoms with Crippen molar-refractivity contribution in [3.8, 4) is 0 Å². The molecule has 4 aromatic rings. The molecule has 350 valence electrons. The molecule has 0 saturated heterocycles. The van der Waals surface area contributed by atoms with Crippen LogP contribution < -0.4 is 21.7 Å². The maximum Gasteiger partial charge on any atom is 0.413 e. The number of ether oxygens (including phenoxy) is 3. The van der Waals surface area contributed by atoms with E-state index in [2.05, 4.69) is 30.9 Å². The zero-order valence-corrected chi connectivity index (χ0v) is 36.7. The van der Waals surface area contributed by atoms with E-state index in [0.717, 1.165) is 23.1 Å². The first-order valence-corrected chi connectivity index (χ1v) is 21.0. The predicted octanol–water partition coefficient (Wildman–Crippen LogP) is 1.65. The number of imidazole rings is 1. The lowest BCUT2D eigenvalue weighted by atomic mass is 10.1. The van der Waals surface area contributed by atoms with E-state index in [-0.39, 0.29) is 81.5 Å². The predicted molar refractivity (Wildman–Crippen MR) is 235 cm³/mol. The van der Waals surface area contributed by atoms with Gasteiger partial charge in [-0.1, -0.05) is 60.7 Å². The van der Waals surface area contributed by atoms with Gasteiger partial charge < -0.3 is 49.8 Å². The lowest BCUT2D eigenvalue weighted by Crippen LogP contribution is -2.52. The number of unbranched alkanes of at least 4 members (excludes halogenated alkanes) is 1. The number of allylic oxidation sites excluding steroid dienone is 1. The molecule has 3 heterocycles. The Balaban J connectivity index is 1.27. The van der Waals surface area contributed by atoms with Crippen molar-refractivity contribution in [3.63, 3.8) is 0 Å². The van der Waals surface area contributed by atoms with Crippen molar-refractivity contribution in [2.45, 2.75) is 58.4 Å². The van der Waals surface area contributed by atoms with Gasteiger partial charge >= 0.3 is 18.2 Å². The minimum atomic E-state index is -0.800. The van der Waals surface area contributed by atoms with E-state index in [1.54, 1.807) is 12.1 Å². The summed E-state index contributed by atoms with van der Waals surface area (Å²) in [7, 11) is 1.16. The molecule has 0 spiro atoms. The van der Waals surface area contributed by atoms with Gasteiger partial charge in [-0.3, -0.25) is 34.1 Å². The SMILES string of the molecule is COC(=O)CN(CC(CCCCNC(=O)OCc1ccccc1)NC(=O)CN(CCN)C(=O)CN1C=C(C)C(=O)CC1=O)C(=O)Cn1cnc2c(NC(=O)OCc3ccccc3)ncnc21. The average molecular weight is 912 g/mol. The van der Waals surface area contributed by atoms with Crippen molar-refractivity contribution in [1.29, 1.82) is 0 Å². The maximum atomic E-state index is 14.1. The molecule has 0 fully saturated rings. The van der Waals surface area contributed by atoms with Gasteiger partial charge in [-0.25, -0.2) is 24.5 Å². The van der Waals surface area contributed by atoms with Crippen molar-refractivity contribution in [3.05, 3.63) is 96.2 Å². The van der Waals surface area contributed by atoms with Gasteiger partial charge in [-0.15, -0.1) is 0 Å². The second kappa shape index (κ2) is 24.9. The molecule has 1 atom stereocenters. The van der Waals surface area contributed by atoms with Gasteiger partial charge in [0.2, 0.25) is 23.6 Å². The second-order valence-electron chi connectivity index (χ2n) is 15.1. The molecular formula is C44H53N11O11. The van der Waals surface area contributed by atoms with E-state index in [1.807, 2.05) is 48.5 Å². The molecule has 5 rings (SSSR count). The lowest BCUT2D eigenvalue weighted by molar-refractivity contribution is -0.147. The van der Waals surface area contributed by atoms with E-state index >= 15 is 0 Å². The number of anilines is 1. The molecule has 1 aliphatic heterocycles. The van der Waals surface area contributed by atoms with Gasteiger partial charge in [-0.2, -0.15) is 0 Å². The number of rotatable bonds is 23. The smallest absolute Gasteiger partial charge is 0.413 e. The number of ketones is 1. The Morgan fingerprint density at radius 2 is 1.50 bits per heavy atom. The molecule has 0 saturated carbocycles. The fourth-order valence-electron chi connectivity index (χ4n) is 6.65. The van der Waals surface area contributed by atoms with Crippen molar-refractivity contribution >= 4 is 64.5 Å². The van der Waals surface area contributed by atoms with Crippen LogP contribution in [-0.2, 0) is 62.7 Å². The molecule has 6 amide bonds. The van der Waals surface area contributed by atoms with Gasteiger partial charge in [0, 0.05) is 44.0 Å². The summed E-state index contributed by atoms with van der Waals surface area (Å²) >= 11 is 0. The Morgan fingerprint density at radius 1 is 0.833 bits per heavy atom. The zero-order chi connectivity index (χ0) is 47.4. The number of nitrogens with two attached hydrogens (primary N) is 1. The highest BCUT2D eigenvalue weighted by atomic mass is 16.6. The van der Waals surface area contributed by atoms with Crippen molar-refractivity contribution in [2.24, 2.45) is 5.73 Å². The van der Waals surface area contributed by atoms with Crippen LogP contribution in [0, 0.1) is 0 Å². The number of amides is 6. The molecule has 22 nitrogen and oxygen atoms in total. The third kappa shape index (κ3) is 15.2. The first-order chi connectivity index (χ1) is 31.8. The van der Waals surface area contributed by atoms with Gasteiger partial charge in [0.15, 0.2) is 22.8 Å². The fourth-order valence-corrected chi connectivity index (χ4v) is 6.65. The summed E-state index contributed by atoms with van der Waals surface area (Å²) in [6.45, 7) is -0.155. The van der Waals surface area contributed by atoms with Gasteiger partial charge in [-0.05, 0) is 37.3 Å². The van der Waals surface area contributed by atoms with Crippen LogP contribution in [-0.4, -0.2) is 141 Å². The monoisotopic (exact) mass is 911 g/mol. The highest BCUT2D eigenvalue weighted by molar-refractivity contribution is 6.10. The molecular weight excluding hydrogens is 859 g/mol. The molecule has 5 N–H and O–H groups in total. The number of nitrogens with zero attached hydrogens (tertiary/aromatic N) is 7. The number of nitrogens with one attached hydrogen (secondary N) is 3. The molecule has 0 bridgehead atoms. The van der Waals surface area contributed by atoms with E-state index in [1.165, 1.54) is 40.1 Å². The standard InChI is InChI=1S/C44H53N11O11/c1-30-20-53(36(58)19-34(30)56)23-37(59)52(18-16-45)22-35(57)50-33(15-9-10-17-46-43(62)65-26-31-11-5-3-6-12-31)21-54(25-39(61)64-2)38(60)24-55-29-49-40-41(47-28-48-42(40)55)51-44(63)66-27-32-13-7-4-8-14-32/h3-8,11-14,20,28-29,33H,9-10,15-19,21-27,45H2,1-2H3,(H,46,62)(H,50,57)(H,47,48,51,63). The van der Waals surface area contributed by atoms with E-state index in [4.69, 9.17) is 19.9 Å². The Morgan fingerprint density at radius 3 is 2.17 bits per heavy atom. The van der Waals surface area contributed by atoms with Gasteiger partial charge in [0.05, 0.1) is 26.4 Å². The second-order valence-corrected chi connectivity index (χ2v) is 15.1. The normalized spacial score (nSPS) is 12.7. The number of methoxy groups -OCH3 is 1. The van der Waals surface area contributed by atoms with Crippen LogP contribution in [0.4, 0.5) is 15.4 Å². The van der Waals surface area contributed by atoms with Crippen LogP contribution in [0.1, 0.15) is 43.7 Å². The molecule has 22 heteroatoms. The first kappa shape index (κ1) is 49.3. The molecule has 2 aromatic carbocycles. The summed E-state index contributed by atoms with van der Waals surface area (Å²) in [5.41, 5.74) is 8.04. The maximum absolute atomic E-state index is 14.1. The summed E-state index contributed by atoms with van der Waals surface area (Å²) < 4.78 is 16.9. The first-order valence-electron chi connectivity index (χ1n) is 21.0. The minimum Gasteiger partial charge on any atom is -0.468 e. The Labute approximate surface area is 379 Å². The van der Waals surface area contributed by atoms with Crippen LogP contribution >= 0.6 is 0 Å². The number of esters is 1. The highest BCUT2D eigenvalue weighted by Gasteiger charge is 2.29. The summed E-state index contributed by atoms with van der Waals surface area (Å²) in [4.78, 5) is 120. The van der Waals surface area contributed by atoms with Gasteiger partial charge in [0.1, 0.15) is 39.2 Å². The summed E-state index contributed by atoms with van der Waals surface area (Å²) in [5.74, 6) is -3.43. The fraction of sp³-hybridized carbons (Fsp3) is 0.386. The van der Waals surface area contributed by atoms with Crippen LogP contribution in [0.25, 0.3) is 11.2 Å². The topological polar surface area (TPSA) is 280 Å². The molecule has 2 aromatic heterocycles. The largest absolute Gasteiger partial charge is 0.468 e. The van der Waals surface area contributed by atoms with E-state index in [9.17, 15) is 38.4 Å². The molecule has 1 aliphatic rings. The molecule has 0 aliphatic carbocycles. The number of Topliss-reactive ketones (excluding diaryl/α,β-unsaturated/α-hetero) is 1. The quantitative estimate of drug-likeness (QED) is 0.0356. The van der Waals surface area contributed by atoms with Crippen LogP contribution in [0.15, 0.2) is 85.1 Å². The Kier molecular flexibility index (Phi) is 18.6. The third-order valence-electron chi connectivity index (χ3n) is 10.1. The number of benzene rings is 2. The number of carbonyl (C=O) groups is 8. The minimum absolute atomic E-state index is 0.00427. The number of carbonyl (C=O) groups excluding carboxylic acids is 8. The van der Waals surface area contributed by atoms with E-state index in [0.29, 0.717) is 18.4 Å². The number of fused-ring (bicyclic) bond motifs is 1. The summed E-state index contributed by atoms with van der Waals surface area (Å²) in [6, 6.07) is 17.4. The zero-order valence-electron chi connectivity index (χ0n) is 36.7. The lowest BCUT2D eigenvalue weighted by Gasteiger charge is -2.30. The van der Waals surface area contributed by atoms with Crippen molar-refractivity contribution in [2.75, 3.05) is 58.2 Å². The molecule has 0 radical (unpaired) electrons. The van der Waals surface area contributed by atoms with Crippen molar-refractivity contribution in [1.82, 2.24) is 44.9 Å². The highest BCUT2D eigenvalue weighted by Crippen LogP contribution is 2.19. The van der Waals surface area contributed by atoms with Crippen LogP contribution in [0.3, 0.4) is 0 Å². The van der Waals surface area contributed by atoms with Crippen LogP contribution in [0.5, 0.6) is 0 Å². The van der Waals surface area contributed by atoms with Crippen molar-refractivity contribution < 1.29 is 52.6 Å². The number of hydrogen-bond acceptors (Lipinski definition) is 15. The number of aromatic nitrogens is 4. The molecule has 66 heavy (non-hydrogen) atoms. The Bertz CT molecular complexity index is 2380. The average Bonchev–Trinajstić information content (AvgIpc) is 3.72. The van der Waals surface area contributed by atoms with E-state index < -0.39 is 67.5 Å². The number of alkyl carbamates (subject to hydrolysis) is 1. The molecule has 1 unspecified atom stereocenters.